The zero-order valence-electron chi connectivity index (χ0n) is 16.0. The first kappa shape index (κ1) is 19.2. The number of hydrogen-bond acceptors (Lipinski definition) is 6. The molecule has 0 spiro atoms. The number of benzene rings is 2. The third-order valence-electron chi connectivity index (χ3n) is 4.71. The molecular formula is C22H16N4OS3. The number of hydrogen-bond donors (Lipinski definition) is 0. The second-order valence-corrected chi connectivity index (χ2v) is 9.62. The van der Waals surface area contributed by atoms with Crippen molar-refractivity contribution in [2.24, 2.45) is 0 Å². The van der Waals surface area contributed by atoms with E-state index in [1.807, 2.05) is 78.2 Å². The fourth-order valence-electron chi connectivity index (χ4n) is 3.32. The molecule has 4 aromatic rings. The Morgan fingerprint density at radius 3 is 2.50 bits per heavy atom. The summed E-state index contributed by atoms with van der Waals surface area (Å²) in [6.45, 7) is 2.41. The molecule has 0 saturated carbocycles. The van der Waals surface area contributed by atoms with Crippen LogP contribution in [0.4, 0.5) is 0 Å². The fourth-order valence-corrected chi connectivity index (χ4v) is 5.30. The summed E-state index contributed by atoms with van der Waals surface area (Å²) in [5, 5.41) is 5.51. The quantitative estimate of drug-likeness (QED) is 0.319. The number of nitrogens with zero attached hydrogens (tertiary/aromatic N) is 4. The molecule has 1 amide bonds. The first-order valence-corrected chi connectivity index (χ1v) is 11.3. The van der Waals surface area contributed by atoms with Gasteiger partial charge in [0.25, 0.3) is 5.91 Å². The van der Waals surface area contributed by atoms with E-state index in [9.17, 15) is 4.79 Å². The van der Waals surface area contributed by atoms with Gasteiger partial charge >= 0.3 is 0 Å². The first-order chi connectivity index (χ1) is 14.6. The number of carbonyl (C=O) groups is 1. The van der Waals surface area contributed by atoms with E-state index >= 15 is 0 Å². The van der Waals surface area contributed by atoms with Crippen LogP contribution in [0.2, 0.25) is 0 Å². The number of thiocarbonyl (C=S) groups is 1. The van der Waals surface area contributed by atoms with Crippen LogP contribution >= 0.6 is 35.3 Å². The van der Waals surface area contributed by atoms with Crippen molar-refractivity contribution in [3.05, 3.63) is 81.8 Å². The third kappa shape index (κ3) is 3.47. The van der Waals surface area contributed by atoms with Crippen molar-refractivity contribution in [3.8, 4) is 11.3 Å². The SMILES string of the molecule is Cc1nn2c(/C=C3\SC(=S)N(Cc4ccccc4)C3=O)c(-c3ccccc3)nc2s1. The highest BCUT2D eigenvalue weighted by atomic mass is 32.2. The van der Waals surface area contributed by atoms with E-state index in [0.29, 0.717) is 15.8 Å². The Hall–Kier alpha value is -2.81. The van der Waals surface area contributed by atoms with E-state index in [1.54, 1.807) is 4.90 Å². The van der Waals surface area contributed by atoms with Gasteiger partial charge in [0.15, 0.2) is 0 Å². The highest BCUT2D eigenvalue weighted by Crippen LogP contribution is 2.36. The van der Waals surface area contributed by atoms with E-state index in [4.69, 9.17) is 17.2 Å². The number of imidazole rings is 1. The Morgan fingerprint density at radius 1 is 1.07 bits per heavy atom. The lowest BCUT2D eigenvalue weighted by atomic mass is 10.1. The van der Waals surface area contributed by atoms with Gasteiger partial charge in [0.2, 0.25) is 4.96 Å². The van der Waals surface area contributed by atoms with Gasteiger partial charge in [-0.25, -0.2) is 9.50 Å². The van der Waals surface area contributed by atoms with Crippen molar-refractivity contribution < 1.29 is 4.79 Å². The predicted molar refractivity (Wildman–Crippen MR) is 126 cm³/mol. The van der Waals surface area contributed by atoms with Gasteiger partial charge in [-0.3, -0.25) is 9.69 Å². The van der Waals surface area contributed by atoms with Crippen LogP contribution < -0.4 is 0 Å². The molecule has 5 rings (SSSR count). The van der Waals surface area contributed by atoms with Crippen LogP contribution in [0.15, 0.2) is 65.6 Å². The zero-order chi connectivity index (χ0) is 20.7. The van der Waals surface area contributed by atoms with Crippen molar-refractivity contribution >= 4 is 56.6 Å². The lowest BCUT2D eigenvalue weighted by molar-refractivity contribution is -0.122. The Balaban J connectivity index is 1.56. The first-order valence-electron chi connectivity index (χ1n) is 9.31. The van der Waals surface area contributed by atoms with Gasteiger partial charge < -0.3 is 0 Å². The second kappa shape index (κ2) is 7.79. The number of aryl methyl sites for hydroxylation is 1. The van der Waals surface area contributed by atoms with E-state index < -0.39 is 0 Å². The Bertz CT molecular complexity index is 1290. The summed E-state index contributed by atoms with van der Waals surface area (Å²) in [7, 11) is 0. The molecule has 1 aliphatic heterocycles. The monoisotopic (exact) mass is 448 g/mol. The van der Waals surface area contributed by atoms with Crippen molar-refractivity contribution in [3.63, 3.8) is 0 Å². The summed E-state index contributed by atoms with van der Waals surface area (Å²) in [5.74, 6) is -0.0882. The smallest absolute Gasteiger partial charge is 0.266 e. The standard InChI is InChI=1S/C22H16N4OS3/c1-14-24-26-17(19(23-21(26)29-14)16-10-6-3-7-11-16)12-18-20(27)25(22(28)30-18)13-15-8-4-2-5-9-15/h2-12H,13H2,1H3/b18-12-. The Kier molecular flexibility index (Phi) is 4.98. The van der Waals surface area contributed by atoms with Gasteiger partial charge in [-0.15, -0.1) is 0 Å². The number of rotatable bonds is 4. The summed E-state index contributed by atoms with van der Waals surface area (Å²) >= 11 is 8.36. The number of amides is 1. The van der Waals surface area contributed by atoms with Crippen LogP contribution in [0, 0.1) is 6.92 Å². The normalized spacial score (nSPS) is 15.6. The lowest BCUT2D eigenvalue weighted by Crippen LogP contribution is -2.27. The average molecular weight is 449 g/mol. The molecular weight excluding hydrogens is 432 g/mol. The highest BCUT2D eigenvalue weighted by molar-refractivity contribution is 8.26. The molecule has 5 nitrogen and oxygen atoms in total. The number of carbonyl (C=O) groups excluding carboxylic acids is 1. The molecule has 1 saturated heterocycles. The van der Waals surface area contributed by atoms with Crippen molar-refractivity contribution in [1.82, 2.24) is 19.5 Å². The van der Waals surface area contributed by atoms with Crippen LogP contribution in [0.3, 0.4) is 0 Å². The molecule has 0 atom stereocenters. The third-order valence-corrected chi connectivity index (χ3v) is 6.91. The van der Waals surface area contributed by atoms with Crippen LogP contribution in [0.1, 0.15) is 16.3 Å². The van der Waals surface area contributed by atoms with Gasteiger partial charge in [-0.2, -0.15) is 5.10 Å². The minimum atomic E-state index is -0.0882. The average Bonchev–Trinajstić information content (AvgIpc) is 3.37. The van der Waals surface area contributed by atoms with E-state index in [-0.39, 0.29) is 5.91 Å². The van der Waals surface area contributed by atoms with Crippen molar-refractivity contribution in [2.45, 2.75) is 13.5 Å². The molecule has 30 heavy (non-hydrogen) atoms. The summed E-state index contributed by atoms with van der Waals surface area (Å²) < 4.78 is 2.37. The maximum absolute atomic E-state index is 13.1. The van der Waals surface area contributed by atoms with Crippen LogP contribution in [0.5, 0.6) is 0 Å². The molecule has 1 fully saturated rings. The summed E-state index contributed by atoms with van der Waals surface area (Å²) in [6.07, 6.45) is 1.87. The number of thioether (sulfide) groups is 1. The van der Waals surface area contributed by atoms with Gasteiger partial charge in [0, 0.05) is 5.56 Å². The molecule has 148 valence electrons. The molecule has 0 bridgehead atoms. The van der Waals surface area contributed by atoms with E-state index in [2.05, 4.69) is 5.10 Å². The maximum Gasteiger partial charge on any atom is 0.266 e. The van der Waals surface area contributed by atoms with Gasteiger partial charge in [-0.05, 0) is 18.6 Å². The lowest BCUT2D eigenvalue weighted by Gasteiger charge is -2.14. The van der Waals surface area contributed by atoms with Crippen molar-refractivity contribution in [2.75, 3.05) is 0 Å². The highest BCUT2D eigenvalue weighted by Gasteiger charge is 2.33. The largest absolute Gasteiger partial charge is 0.288 e. The van der Waals surface area contributed by atoms with Gasteiger partial charge in [0.05, 0.1) is 22.8 Å². The summed E-state index contributed by atoms with van der Waals surface area (Å²) in [5.41, 5.74) is 3.63. The van der Waals surface area contributed by atoms with Crippen LogP contribution in [0.25, 0.3) is 22.3 Å². The molecule has 2 aromatic heterocycles. The molecule has 3 heterocycles. The molecule has 0 unspecified atom stereocenters. The molecule has 1 aliphatic rings. The molecule has 8 heteroatoms. The molecule has 0 radical (unpaired) electrons. The van der Waals surface area contributed by atoms with Crippen LogP contribution in [-0.2, 0) is 11.3 Å². The summed E-state index contributed by atoms with van der Waals surface area (Å²) in [4.78, 5) is 21.0. The van der Waals surface area contributed by atoms with E-state index in [0.717, 1.165) is 32.5 Å². The maximum atomic E-state index is 13.1. The minimum absolute atomic E-state index is 0.0882. The number of fused-ring (bicyclic) bond motifs is 1. The molecule has 0 N–H and O–H groups in total. The predicted octanol–water partition coefficient (Wildman–Crippen LogP) is 5.17. The summed E-state index contributed by atoms with van der Waals surface area (Å²) in [6, 6.07) is 19.8. The molecule has 0 aliphatic carbocycles. The van der Waals surface area contributed by atoms with Crippen LogP contribution in [-0.4, -0.2) is 29.7 Å². The van der Waals surface area contributed by atoms with E-state index in [1.165, 1.54) is 23.1 Å². The second-order valence-electron chi connectivity index (χ2n) is 6.78. The van der Waals surface area contributed by atoms with Gasteiger partial charge in [-0.1, -0.05) is 96.0 Å². The zero-order valence-corrected chi connectivity index (χ0v) is 18.4. The van der Waals surface area contributed by atoms with Crippen molar-refractivity contribution in [1.29, 1.82) is 0 Å². The topological polar surface area (TPSA) is 50.5 Å². The Labute approximate surface area is 187 Å². The minimum Gasteiger partial charge on any atom is -0.288 e. The number of aromatic nitrogens is 3. The van der Waals surface area contributed by atoms with Gasteiger partial charge in [0.1, 0.15) is 9.33 Å². The fraction of sp³-hybridized carbons (Fsp3) is 0.0909. The molecule has 2 aromatic carbocycles. The Morgan fingerprint density at radius 2 is 1.77 bits per heavy atom.